The molecule has 0 amide bonds. The van der Waals surface area contributed by atoms with Crippen molar-refractivity contribution < 1.29 is 0 Å². The second kappa shape index (κ2) is 6.48. The molecule has 1 atom stereocenters. The largest absolute Gasteiger partial charge is 0.384 e. The van der Waals surface area contributed by atoms with Gasteiger partial charge in [-0.2, -0.15) is 0 Å². The first-order valence-corrected chi connectivity index (χ1v) is 6.48. The van der Waals surface area contributed by atoms with Gasteiger partial charge in [-0.3, -0.25) is 4.98 Å². The molecular weight excluding hydrogens is 210 g/mol. The second-order valence-electron chi connectivity index (χ2n) is 4.95. The van der Waals surface area contributed by atoms with Crippen LogP contribution in [0.1, 0.15) is 34.1 Å². The predicted molar refractivity (Wildman–Crippen MR) is 75.7 cm³/mol. The number of pyridine rings is 1. The van der Waals surface area contributed by atoms with Gasteiger partial charge in [0.1, 0.15) is 0 Å². The number of nitrogens with one attached hydrogen (secondary N) is 1. The molecule has 1 heterocycles. The van der Waals surface area contributed by atoms with E-state index < -0.39 is 0 Å². The van der Waals surface area contributed by atoms with E-state index in [1.54, 1.807) is 0 Å². The van der Waals surface area contributed by atoms with Gasteiger partial charge in [-0.25, -0.2) is 0 Å². The van der Waals surface area contributed by atoms with E-state index in [1.807, 2.05) is 12.4 Å². The Balaban J connectivity index is 2.76. The molecule has 96 valence electrons. The molecule has 3 heteroatoms. The van der Waals surface area contributed by atoms with Gasteiger partial charge in [-0.1, -0.05) is 20.8 Å². The van der Waals surface area contributed by atoms with Crippen molar-refractivity contribution in [3.05, 3.63) is 18.5 Å². The second-order valence-corrected chi connectivity index (χ2v) is 4.95. The molecule has 1 aromatic rings. The average Bonchev–Trinajstić information content (AvgIpc) is 2.34. The van der Waals surface area contributed by atoms with Gasteiger partial charge in [0.15, 0.2) is 0 Å². The van der Waals surface area contributed by atoms with E-state index in [4.69, 9.17) is 0 Å². The molecule has 0 saturated heterocycles. The minimum Gasteiger partial charge on any atom is -0.384 e. The Morgan fingerprint density at radius 2 is 2.00 bits per heavy atom. The molecular formula is C14H25N3. The van der Waals surface area contributed by atoms with Crippen molar-refractivity contribution in [1.82, 2.24) is 4.98 Å². The van der Waals surface area contributed by atoms with Crippen molar-refractivity contribution in [2.24, 2.45) is 5.92 Å². The molecule has 0 saturated carbocycles. The summed E-state index contributed by atoms with van der Waals surface area (Å²) in [7, 11) is 2.13. The topological polar surface area (TPSA) is 28.2 Å². The van der Waals surface area contributed by atoms with E-state index in [9.17, 15) is 0 Å². The Labute approximate surface area is 105 Å². The summed E-state index contributed by atoms with van der Waals surface area (Å²) in [5.74, 6) is 0.632. The predicted octanol–water partition coefficient (Wildman–Crippen LogP) is 3.38. The van der Waals surface area contributed by atoms with Gasteiger partial charge in [0.2, 0.25) is 0 Å². The van der Waals surface area contributed by atoms with Crippen molar-refractivity contribution in [2.45, 2.75) is 40.2 Å². The summed E-state index contributed by atoms with van der Waals surface area (Å²) in [6.07, 6.45) is 4.94. The van der Waals surface area contributed by atoms with E-state index in [1.165, 1.54) is 5.69 Å². The molecule has 0 aliphatic rings. The first-order valence-electron chi connectivity index (χ1n) is 6.48. The first-order chi connectivity index (χ1) is 8.06. The molecule has 1 unspecified atom stereocenters. The molecule has 1 aromatic heterocycles. The quantitative estimate of drug-likeness (QED) is 0.819. The fraction of sp³-hybridized carbons (Fsp3) is 0.643. The van der Waals surface area contributed by atoms with Crippen LogP contribution < -0.4 is 10.2 Å². The van der Waals surface area contributed by atoms with E-state index in [0.29, 0.717) is 12.0 Å². The zero-order valence-corrected chi connectivity index (χ0v) is 11.7. The van der Waals surface area contributed by atoms with Crippen LogP contribution in [0.2, 0.25) is 0 Å². The summed E-state index contributed by atoms with van der Waals surface area (Å²) in [5.41, 5.74) is 2.28. The summed E-state index contributed by atoms with van der Waals surface area (Å²) in [6.45, 7) is 9.89. The number of hydrogen-bond acceptors (Lipinski definition) is 3. The Hall–Kier alpha value is -1.25. The summed E-state index contributed by atoms with van der Waals surface area (Å²) in [4.78, 5) is 6.58. The van der Waals surface area contributed by atoms with E-state index in [0.717, 1.165) is 18.7 Å². The molecule has 3 nitrogen and oxygen atoms in total. The van der Waals surface area contributed by atoms with Gasteiger partial charge < -0.3 is 10.2 Å². The minimum atomic E-state index is 0.512. The number of hydrogen-bond donors (Lipinski definition) is 1. The van der Waals surface area contributed by atoms with Gasteiger partial charge in [0.05, 0.1) is 23.8 Å². The smallest absolute Gasteiger partial charge is 0.0573 e. The zero-order chi connectivity index (χ0) is 12.8. The minimum absolute atomic E-state index is 0.512. The number of anilines is 2. The fourth-order valence-corrected chi connectivity index (χ4v) is 1.67. The van der Waals surface area contributed by atoms with Crippen molar-refractivity contribution in [1.29, 1.82) is 0 Å². The highest BCUT2D eigenvalue weighted by Gasteiger charge is 2.14. The van der Waals surface area contributed by atoms with Crippen LogP contribution in [0.4, 0.5) is 11.4 Å². The molecule has 0 aliphatic heterocycles. The SMILES string of the molecule is CCCNc1cncc(N(C)C(C)C(C)C)c1. The third-order valence-corrected chi connectivity index (χ3v) is 3.29. The summed E-state index contributed by atoms with van der Waals surface area (Å²) >= 11 is 0. The Bertz CT molecular complexity index is 336. The van der Waals surface area contributed by atoms with Crippen LogP contribution in [-0.2, 0) is 0 Å². The molecule has 1 rings (SSSR count). The zero-order valence-electron chi connectivity index (χ0n) is 11.7. The highest BCUT2D eigenvalue weighted by molar-refractivity contribution is 5.55. The lowest BCUT2D eigenvalue weighted by molar-refractivity contribution is 0.505. The lowest BCUT2D eigenvalue weighted by atomic mass is 10.0. The maximum absolute atomic E-state index is 4.30. The van der Waals surface area contributed by atoms with Crippen LogP contribution in [0.5, 0.6) is 0 Å². The van der Waals surface area contributed by atoms with E-state index in [-0.39, 0.29) is 0 Å². The number of nitrogens with zero attached hydrogens (tertiary/aromatic N) is 2. The van der Waals surface area contributed by atoms with Gasteiger partial charge in [0.25, 0.3) is 0 Å². The van der Waals surface area contributed by atoms with Crippen LogP contribution in [-0.4, -0.2) is 24.6 Å². The normalized spacial score (nSPS) is 12.6. The van der Waals surface area contributed by atoms with Crippen molar-refractivity contribution in [3.8, 4) is 0 Å². The molecule has 0 aliphatic carbocycles. The van der Waals surface area contributed by atoms with Gasteiger partial charge in [-0.15, -0.1) is 0 Å². The Kier molecular flexibility index (Phi) is 5.26. The number of aromatic nitrogens is 1. The molecule has 0 aromatic carbocycles. The van der Waals surface area contributed by atoms with Crippen LogP contribution in [0.25, 0.3) is 0 Å². The summed E-state index contributed by atoms with van der Waals surface area (Å²) in [5, 5.41) is 3.37. The van der Waals surface area contributed by atoms with Crippen LogP contribution in [0.15, 0.2) is 18.5 Å². The number of rotatable bonds is 6. The summed E-state index contributed by atoms with van der Waals surface area (Å²) in [6, 6.07) is 2.68. The maximum Gasteiger partial charge on any atom is 0.0573 e. The van der Waals surface area contributed by atoms with Crippen molar-refractivity contribution in [2.75, 3.05) is 23.8 Å². The third-order valence-electron chi connectivity index (χ3n) is 3.29. The van der Waals surface area contributed by atoms with E-state index in [2.05, 4.69) is 56.0 Å². The summed E-state index contributed by atoms with van der Waals surface area (Å²) < 4.78 is 0. The molecule has 1 N–H and O–H groups in total. The maximum atomic E-state index is 4.30. The molecule has 0 radical (unpaired) electrons. The van der Waals surface area contributed by atoms with E-state index >= 15 is 0 Å². The highest BCUT2D eigenvalue weighted by Crippen LogP contribution is 2.21. The van der Waals surface area contributed by atoms with Crippen molar-refractivity contribution in [3.63, 3.8) is 0 Å². The van der Waals surface area contributed by atoms with Crippen LogP contribution >= 0.6 is 0 Å². The average molecular weight is 235 g/mol. The van der Waals surface area contributed by atoms with Crippen LogP contribution in [0.3, 0.4) is 0 Å². The van der Waals surface area contributed by atoms with Gasteiger partial charge in [-0.05, 0) is 25.3 Å². The van der Waals surface area contributed by atoms with Crippen molar-refractivity contribution >= 4 is 11.4 Å². The fourth-order valence-electron chi connectivity index (χ4n) is 1.67. The lowest BCUT2D eigenvalue weighted by Crippen LogP contribution is -2.33. The first kappa shape index (κ1) is 13.8. The molecule has 17 heavy (non-hydrogen) atoms. The molecule has 0 spiro atoms. The monoisotopic (exact) mass is 235 g/mol. The Morgan fingerprint density at radius 1 is 1.29 bits per heavy atom. The van der Waals surface area contributed by atoms with Gasteiger partial charge in [0, 0.05) is 19.6 Å². The van der Waals surface area contributed by atoms with Crippen LogP contribution in [0, 0.1) is 5.92 Å². The van der Waals surface area contributed by atoms with Gasteiger partial charge >= 0.3 is 0 Å². The Morgan fingerprint density at radius 3 is 2.59 bits per heavy atom. The standard InChI is InChI=1S/C14H25N3/c1-6-7-16-13-8-14(10-15-9-13)17(5)12(4)11(2)3/h8-12,16H,6-7H2,1-5H3. The molecule has 0 fully saturated rings. The lowest BCUT2D eigenvalue weighted by Gasteiger charge is -2.30. The highest BCUT2D eigenvalue weighted by atomic mass is 15.1. The molecule has 0 bridgehead atoms. The third kappa shape index (κ3) is 3.91.